The summed E-state index contributed by atoms with van der Waals surface area (Å²) in [6, 6.07) is 7.80. The number of nitrogens with zero attached hydrogens (tertiary/aromatic N) is 2. The second-order valence-electron chi connectivity index (χ2n) is 3.06. The summed E-state index contributed by atoms with van der Waals surface area (Å²) in [7, 11) is 0. The van der Waals surface area contributed by atoms with Crippen LogP contribution < -0.4 is 5.32 Å². The van der Waals surface area contributed by atoms with Gasteiger partial charge in [0.1, 0.15) is 17.5 Å². The molecular weight excluding hydrogens is 193 g/mol. The molecule has 0 aliphatic rings. The Kier molecular flexibility index (Phi) is 2.58. The molecule has 1 N–H and O–H groups in total. The van der Waals surface area contributed by atoms with Crippen molar-refractivity contribution in [2.45, 2.75) is 6.92 Å². The van der Waals surface area contributed by atoms with Gasteiger partial charge in [-0.3, -0.25) is 0 Å². The van der Waals surface area contributed by atoms with Crippen LogP contribution in [0, 0.1) is 18.9 Å². The Labute approximate surface area is 87.0 Å². The topological polar surface area (TPSA) is 37.8 Å². The van der Waals surface area contributed by atoms with Crippen molar-refractivity contribution in [2.24, 2.45) is 0 Å². The fourth-order valence-electron chi connectivity index (χ4n) is 1.20. The van der Waals surface area contributed by atoms with Crippen molar-refractivity contribution in [2.75, 3.05) is 5.32 Å². The van der Waals surface area contributed by atoms with Crippen LogP contribution in [0.4, 0.5) is 15.9 Å². The molecule has 0 amide bonds. The van der Waals surface area contributed by atoms with Gasteiger partial charge in [-0.2, -0.15) is 0 Å². The van der Waals surface area contributed by atoms with Crippen LogP contribution in [0.5, 0.6) is 0 Å². The van der Waals surface area contributed by atoms with Gasteiger partial charge in [-0.15, -0.1) is 0 Å². The molecule has 75 valence electrons. The summed E-state index contributed by atoms with van der Waals surface area (Å²) in [5.74, 6) is 0.944. The maximum atomic E-state index is 12.9. The number of rotatable bonds is 2. The van der Waals surface area contributed by atoms with Gasteiger partial charge in [0, 0.05) is 11.8 Å². The third-order valence-electron chi connectivity index (χ3n) is 1.81. The van der Waals surface area contributed by atoms with Crippen molar-refractivity contribution in [1.82, 2.24) is 9.97 Å². The molecule has 4 heteroatoms. The predicted molar refractivity (Wildman–Crippen MR) is 55.3 cm³/mol. The largest absolute Gasteiger partial charge is 0.340 e. The minimum Gasteiger partial charge on any atom is -0.340 e. The van der Waals surface area contributed by atoms with E-state index in [0.29, 0.717) is 17.3 Å². The van der Waals surface area contributed by atoms with Crippen molar-refractivity contribution in [3.05, 3.63) is 48.2 Å². The van der Waals surface area contributed by atoms with Crippen LogP contribution in [0.15, 0.2) is 30.3 Å². The number of anilines is 2. The summed E-state index contributed by atoms with van der Waals surface area (Å²) in [4.78, 5) is 7.97. The molecule has 0 unspecified atom stereocenters. The molecule has 0 spiro atoms. The van der Waals surface area contributed by atoms with Crippen LogP contribution in [0.3, 0.4) is 0 Å². The van der Waals surface area contributed by atoms with Crippen LogP contribution in [0.25, 0.3) is 0 Å². The zero-order valence-corrected chi connectivity index (χ0v) is 8.16. The summed E-state index contributed by atoms with van der Waals surface area (Å²) in [5.41, 5.74) is 0.654. The van der Waals surface area contributed by atoms with Gasteiger partial charge in [0.2, 0.25) is 0 Å². The minimum absolute atomic E-state index is 0.283. The van der Waals surface area contributed by atoms with Gasteiger partial charge in [0.25, 0.3) is 0 Å². The molecule has 0 atom stereocenters. The molecule has 0 aliphatic carbocycles. The zero-order chi connectivity index (χ0) is 10.7. The van der Waals surface area contributed by atoms with Crippen molar-refractivity contribution in [3.63, 3.8) is 0 Å². The Bertz CT molecular complexity index is 427. The quantitative estimate of drug-likeness (QED) is 0.812. The van der Waals surface area contributed by atoms with Gasteiger partial charge in [0.15, 0.2) is 0 Å². The van der Waals surface area contributed by atoms with Crippen molar-refractivity contribution in [1.29, 1.82) is 0 Å². The SMILES string of the molecule is Cc1n[c]cc(Nc2cccc(F)c2)n1. The number of hydrogen-bond acceptors (Lipinski definition) is 3. The van der Waals surface area contributed by atoms with Gasteiger partial charge in [0.05, 0.1) is 6.20 Å². The lowest BCUT2D eigenvalue weighted by molar-refractivity contribution is 0.628. The highest BCUT2D eigenvalue weighted by Gasteiger charge is 1.97. The molecule has 0 saturated carbocycles. The minimum atomic E-state index is -0.283. The smallest absolute Gasteiger partial charge is 0.134 e. The van der Waals surface area contributed by atoms with E-state index in [4.69, 9.17) is 0 Å². The molecule has 1 radical (unpaired) electrons. The lowest BCUT2D eigenvalue weighted by Gasteiger charge is -2.04. The number of hydrogen-bond donors (Lipinski definition) is 1. The van der Waals surface area contributed by atoms with Gasteiger partial charge in [-0.1, -0.05) is 6.07 Å². The molecule has 1 aromatic heterocycles. The number of halogens is 1. The number of nitrogens with one attached hydrogen (secondary N) is 1. The molecule has 0 bridgehead atoms. The molecule has 2 rings (SSSR count). The van der Waals surface area contributed by atoms with Crippen molar-refractivity contribution >= 4 is 11.5 Å². The number of benzene rings is 1. The van der Waals surface area contributed by atoms with E-state index in [1.54, 1.807) is 25.1 Å². The Morgan fingerprint density at radius 2 is 2.27 bits per heavy atom. The summed E-state index contributed by atoms with van der Waals surface area (Å²) >= 11 is 0. The maximum Gasteiger partial charge on any atom is 0.134 e. The van der Waals surface area contributed by atoms with E-state index < -0.39 is 0 Å². The number of aromatic nitrogens is 2. The fraction of sp³-hybridized carbons (Fsp3) is 0.0909. The highest BCUT2D eigenvalue weighted by Crippen LogP contribution is 2.14. The monoisotopic (exact) mass is 202 g/mol. The maximum absolute atomic E-state index is 12.9. The normalized spacial score (nSPS) is 10.0. The van der Waals surface area contributed by atoms with Gasteiger partial charge in [-0.25, -0.2) is 14.4 Å². The first kappa shape index (κ1) is 9.58. The molecule has 1 heterocycles. The van der Waals surface area contributed by atoms with Crippen LogP contribution in [0.1, 0.15) is 5.82 Å². The third kappa shape index (κ3) is 2.49. The lowest BCUT2D eigenvalue weighted by Crippen LogP contribution is -1.96. The summed E-state index contributed by atoms with van der Waals surface area (Å²) in [5, 5.41) is 2.96. The van der Waals surface area contributed by atoms with E-state index in [0.717, 1.165) is 0 Å². The van der Waals surface area contributed by atoms with Crippen molar-refractivity contribution in [3.8, 4) is 0 Å². The first-order valence-corrected chi connectivity index (χ1v) is 4.48. The van der Waals surface area contributed by atoms with Gasteiger partial charge >= 0.3 is 0 Å². The summed E-state index contributed by atoms with van der Waals surface area (Å²) in [6.45, 7) is 1.77. The molecule has 15 heavy (non-hydrogen) atoms. The molecule has 1 aromatic carbocycles. The van der Waals surface area contributed by atoms with Crippen LogP contribution in [-0.4, -0.2) is 9.97 Å². The fourth-order valence-corrected chi connectivity index (χ4v) is 1.20. The van der Waals surface area contributed by atoms with Gasteiger partial charge < -0.3 is 5.32 Å². The Morgan fingerprint density at radius 1 is 1.40 bits per heavy atom. The van der Waals surface area contributed by atoms with Crippen LogP contribution in [-0.2, 0) is 0 Å². The van der Waals surface area contributed by atoms with Crippen LogP contribution in [0.2, 0.25) is 0 Å². The first-order valence-electron chi connectivity index (χ1n) is 4.48. The van der Waals surface area contributed by atoms with E-state index in [9.17, 15) is 4.39 Å². The highest BCUT2D eigenvalue weighted by atomic mass is 19.1. The van der Waals surface area contributed by atoms with E-state index in [-0.39, 0.29) is 5.82 Å². The Morgan fingerprint density at radius 3 is 3.00 bits per heavy atom. The second-order valence-corrected chi connectivity index (χ2v) is 3.06. The van der Waals surface area contributed by atoms with E-state index >= 15 is 0 Å². The Hall–Kier alpha value is -1.97. The molecule has 0 saturated heterocycles. The Balaban J connectivity index is 2.22. The predicted octanol–water partition coefficient (Wildman–Crippen LogP) is 2.47. The first-order chi connectivity index (χ1) is 7.24. The molecular formula is C11H9FN3. The second kappa shape index (κ2) is 4.04. The molecule has 2 aromatic rings. The summed E-state index contributed by atoms with van der Waals surface area (Å²) < 4.78 is 12.9. The number of aryl methyl sites for hydroxylation is 1. The third-order valence-corrected chi connectivity index (χ3v) is 1.81. The molecule has 3 nitrogen and oxygen atoms in total. The lowest BCUT2D eigenvalue weighted by atomic mass is 10.3. The highest BCUT2D eigenvalue weighted by molar-refractivity contribution is 5.55. The van der Waals surface area contributed by atoms with E-state index in [1.165, 1.54) is 12.1 Å². The van der Waals surface area contributed by atoms with E-state index in [2.05, 4.69) is 21.5 Å². The standard InChI is InChI=1S/C11H9FN3/c1-8-13-6-5-11(14-8)15-10-4-2-3-9(12)7-10/h2-5,7H,1H3,(H,13,14,15). The van der Waals surface area contributed by atoms with Gasteiger partial charge in [-0.05, 0) is 25.1 Å². The average Bonchev–Trinajstić information content (AvgIpc) is 2.17. The average molecular weight is 202 g/mol. The van der Waals surface area contributed by atoms with Crippen LogP contribution >= 0.6 is 0 Å². The van der Waals surface area contributed by atoms with E-state index in [1.807, 2.05) is 0 Å². The molecule has 0 aliphatic heterocycles. The molecule has 0 fully saturated rings. The zero-order valence-electron chi connectivity index (χ0n) is 8.16. The van der Waals surface area contributed by atoms with Crippen molar-refractivity contribution < 1.29 is 4.39 Å². The summed E-state index contributed by atoms with van der Waals surface area (Å²) in [6.07, 6.45) is 2.70.